The lowest BCUT2D eigenvalue weighted by Gasteiger charge is -2.36. The summed E-state index contributed by atoms with van der Waals surface area (Å²) in [6, 6.07) is 8.19. The summed E-state index contributed by atoms with van der Waals surface area (Å²) < 4.78 is 5.76. The van der Waals surface area contributed by atoms with Crippen LogP contribution in [0.4, 0.5) is 5.69 Å². The number of primary amides is 1. The predicted molar refractivity (Wildman–Crippen MR) is 98.5 cm³/mol. The zero-order chi connectivity index (χ0) is 17.5. The molecule has 5 nitrogen and oxygen atoms in total. The highest BCUT2D eigenvalue weighted by atomic mass is 32.2. The summed E-state index contributed by atoms with van der Waals surface area (Å²) in [5, 5.41) is 0. The van der Waals surface area contributed by atoms with Crippen molar-refractivity contribution in [3.05, 3.63) is 29.8 Å². The minimum absolute atomic E-state index is 0.172. The summed E-state index contributed by atoms with van der Waals surface area (Å²) in [5.74, 6) is 0.879. The molecule has 1 saturated heterocycles. The van der Waals surface area contributed by atoms with Crippen molar-refractivity contribution in [2.24, 2.45) is 5.73 Å². The van der Waals surface area contributed by atoms with E-state index in [0.717, 1.165) is 18.7 Å². The third kappa shape index (κ3) is 6.17. The normalized spacial score (nSPS) is 20.8. The molecule has 1 aliphatic heterocycles. The van der Waals surface area contributed by atoms with Crippen LogP contribution < -0.4 is 10.6 Å². The van der Waals surface area contributed by atoms with Gasteiger partial charge in [0.2, 0.25) is 5.91 Å². The van der Waals surface area contributed by atoms with Gasteiger partial charge in [0.15, 0.2) is 0 Å². The standard InChI is InChI=1S/C18H26N2O3S/c1-13-10-20(11-14(2)23-13)16-5-3-15(4-6-16)9-17(21)12-24-8-7-18(19)22/h3-6,13-14H,7-12H2,1-2H3,(H2,19,22). The summed E-state index contributed by atoms with van der Waals surface area (Å²) in [5.41, 5.74) is 7.27. The first-order valence-corrected chi connectivity index (χ1v) is 9.46. The van der Waals surface area contributed by atoms with Crippen molar-refractivity contribution in [3.63, 3.8) is 0 Å². The van der Waals surface area contributed by atoms with Gasteiger partial charge in [0, 0.05) is 37.4 Å². The summed E-state index contributed by atoms with van der Waals surface area (Å²) >= 11 is 1.46. The second kappa shape index (κ2) is 9.08. The van der Waals surface area contributed by atoms with Crippen molar-refractivity contribution in [2.75, 3.05) is 29.5 Å². The fourth-order valence-electron chi connectivity index (χ4n) is 2.85. The Morgan fingerprint density at radius 2 is 1.83 bits per heavy atom. The van der Waals surface area contributed by atoms with Crippen LogP contribution in [0.15, 0.2) is 24.3 Å². The second-order valence-corrected chi connectivity index (χ2v) is 7.42. The van der Waals surface area contributed by atoms with Gasteiger partial charge in [-0.05, 0) is 31.5 Å². The number of rotatable bonds is 8. The number of carbonyl (C=O) groups is 2. The van der Waals surface area contributed by atoms with Crippen LogP contribution in [0.3, 0.4) is 0 Å². The van der Waals surface area contributed by atoms with Crippen molar-refractivity contribution in [1.29, 1.82) is 0 Å². The smallest absolute Gasteiger partial charge is 0.218 e. The maximum Gasteiger partial charge on any atom is 0.218 e. The molecule has 6 heteroatoms. The maximum absolute atomic E-state index is 12.0. The first kappa shape index (κ1) is 18.8. The third-order valence-corrected chi connectivity index (χ3v) is 4.90. The largest absolute Gasteiger partial charge is 0.372 e. The van der Waals surface area contributed by atoms with Crippen LogP contribution in [-0.4, -0.2) is 48.5 Å². The molecule has 1 fully saturated rings. The van der Waals surface area contributed by atoms with Gasteiger partial charge >= 0.3 is 0 Å². The number of hydrogen-bond acceptors (Lipinski definition) is 5. The fraction of sp³-hybridized carbons (Fsp3) is 0.556. The van der Waals surface area contributed by atoms with Gasteiger partial charge in [-0.1, -0.05) is 12.1 Å². The van der Waals surface area contributed by atoms with Gasteiger partial charge in [-0.25, -0.2) is 0 Å². The number of morpholine rings is 1. The lowest BCUT2D eigenvalue weighted by Crippen LogP contribution is -2.45. The maximum atomic E-state index is 12.0. The van der Waals surface area contributed by atoms with Crippen LogP contribution in [0.25, 0.3) is 0 Å². The number of nitrogens with two attached hydrogens (primary N) is 1. The number of ether oxygens (including phenoxy) is 1. The first-order chi connectivity index (χ1) is 11.4. The molecule has 2 unspecified atom stereocenters. The number of Topliss-reactive ketones (excluding diaryl/α,β-unsaturated/α-hetero) is 1. The van der Waals surface area contributed by atoms with E-state index in [-0.39, 0.29) is 23.9 Å². The quantitative estimate of drug-likeness (QED) is 0.726. The van der Waals surface area contributed by atoms with Crippen LogP contribution in [0.1, 0.15) is 25.8 Å². The molecule has 0 spiro atoms. The molecule has 24 heavy (non-hydrogen) atoms. The van der Waals surface area contributed by atoms with Gasteiger partial charge in [0.25, 0.3) is 0 Å². The van der Waals surface area contributed by atoms with Gasteiger partial charge in [0.1, 0.15) is 5.78 Å². The number of amides is 1. The molecule has 0 aliphatic carbocycles. The van der Waals surface area contributed by atoms with Crippen molar-refractivity contribution in [3.8, 4) is 0 Å². The minimum Gasteiger partial charge on any atom is -0.372 e. The third-order valence-electron chi connectivity index (χ3n) is 3.88. The average molecular weight is 350 g/mol. The van der Waals surface area contributed by atoms with E-state index in [0.29, 0.717) is 24.3 Å². The van der Waals surface area contributed by atoms with E-state index in [4.69, 9.17) is 10.5 Å². The van der Waals surface area contributed by atoms with E-state index in [1.807, 2.05) is 12.1 Å². The number of anilines is 1. The average Bonchev–Trinajstić information content (AvgIpc) is 2.51. The number of hydrogen-bond donors (Lipinski definition) is 1. The summed E-state index contributed by atoms with van der Waals surface area (Å²) in [6.45, 7) is 5.95. The van der Waals surface area contributed by atoms with E-state index >= 15 is 0 Å². The molecule has 0 saturated carbocycles. The van der Waals surface area contributed by atoms with E-state index in [2.05, 4.69) is 30.9 Å². The Morgan fingerprint density at radius 3 is 2.42 bits per heavy atom. The Bertz CT molecular complexity index is 552. The van der Waals surface area contributed by atoms with Gasteiger partial charge in [-0.3, -0.25) is 9.59 Å². The molecule has 0 aromatic heterocycles. The van der Waals surface area contributed by atoms with Gasteiger partial charge in [0.05, 0.1) is 18.0 Å². The van der Waals surface area contributed by atoms with Crippen molar-refractivity contribution in [1.82, 2.24) is 0 Å². The van der Waals surface area contributed by atoms with E-state index in [1.54, 1.807) is 0 Å². The lowest BCUT2D eigenvalue weighted by molar-refractivity contribution is -0.118. The molecule has 2 atom stereocenters. The Balaban J connectivity index is 1.81. The van der Waals surface area contributed by atoms with Gasteiger partial charge in [-0.2, -0.15) is 11.8 Å². The van der Waals surface area contributed by atoms with Crippen LogP contribution in [0.2, 0.25) is 0 Å². The summed E-state index contributed by atoms with van der Waals surface area (Å²) in [4.78, 5) is 24.9. The molecule has 1 aliphatic rings. The van der Waals surface area contributed by atoms with Crippen LogP contribution in [-0.2, 0) is 20.7 Å². The fourth-order valence-corrected chi connectivity index (χ4v) is 3.67. The second-order valence-electron chi connectivity index (χ2n) is 6.31. The molecule has 0 bridgehead atoms. The molecular formula is C18H26N2O3S. The van der Waals surface area contributed by atoms with Crippen molar-refractivity contribution in [2.45, 2.75) is 38.9 Å². The number of carbonyl (C=O) groups excluding carboxylic acids is 2. The highest BCUT2D eigenvalue weighted by Crippen LogP contribution is 2.21. The van der Waals surface area contributed by atoms with Crippen LogP contribution in [0, 0.1) is 0 Å². The first-order valence-electron chi connectivity index (χ1n) is 8.31. The minimum atomic E-state index is -0.322. The van der Waals surface area contributed by atoms with Crippen LogP contribution in [0.5, 0.6) is 0 Å². The monoisotopic (exact) mass is 350 g/mol. The van der Waals surface area contributed by atoms with E-state index in [1.165, 1.54) is 17.4 Å². The van der Waals surface area contributed by atoms with Gasteiger partial charge < -0.3 is 15.4 Å². The molecule has 1 amide bonds. The SMILES string of the molecule is CC1CN(c2ccc(CC(=O)CSCCC(N)=O)cc2)CC(C)O1. The molecule has 132 valence electrons. The topological polar surface area (TPSA) is 72.6 Å². The zero-order valence-electron chi connectivity index (χ0n) is 14.4. The molecular weight excluding hydrogens is 324 g/mol. The Labute approximate surface area is 147 Å². The van der Waals surface area contributed by atoms with Crippen LogP contribution >= 0.6 is 11.8 Å². The van der Waals surface area contributed by atoms with E-state index < -0.39 is 0 Å². The zero-order valence-corrected chi connectivity index (χ0v) is 15.2. The predicted octanol–water partition coefficient (Wildman–Crippen LogP) is 2.02. The summed E-state index contributed by atoms with van der Waals surface area (Å²) in [7, 11) is 0. The Kier molecular flexibility index (Phi) is 7.12. The Morgan fingerprint density at radius 1 is 1.21 bits per heavy atom. The van der Waals surface area contributed by atoms with Gasteiger partial charge in [-0.15, -0.1) is 0 Å². The number of ketones is 1. The number of nitrogens with zero attached hydrogens (tertiary/aromatic N) is 1. The molecule has 2 N–H and O–H groups in total. The lowest BCUT2D eigenvalue weighted by atomic mass is 10.1. The molecule has 0 radical (unpaired) electrons. The Hall–Kier alpha value is -1.53. The van der Waals surface area contributed by atoms with E-state index in [9.17, 15) is 9.59 Å². The number of benzene rings is 1. The molecule has 1 aromatic rings. The molecule has 1 heterocycles. The number of thioether (sulfide) groups is 1. The highest BCUT2D eigenvalue weighted by Gasteiger charge is 2.22. The molecule has 2 rings (SSSR count). The van der Waals surface area contributed by atoms with Crippen molar-refractivity contribution >= 4 is 29.1 Å². The van der Waals surface area contributed by atoms with Crippen molar-refractivity contribution < 1.29 is 14.3 Å². The summed E-state index contributed by atoms with van der Waals surface area (Å²) in [6.07, 6.45) is 1.21. The highest BCUT2D eigenvalue weighted by molar-refractivity contribution is 7.99. The molecule has 1 aromatic carbocycles.